The third-order valence-corrected chi connectivity index (χ3v) is 5.92. The molecule has 2 N–H and O–H groups in total. The van der Waals surface area contributed by atoms with Crippen LogP contribution in [0.5, 0.6) is 5.75 Å². The van der Waals surface area contributed by atoms with Gasteiger partial charge in [0.1, 0.15) is 18.6 Å². The van der Waals surface area contributed by atoms with E-state index < -0.39 is 12.1 Å². The Morgan fingerprint density at radius 2 is 1.58 bits per heavy atom. The van der Waals surface area contributed by atoms with Gasteiger partial charge in [0.15, 0.2) is 0 Å². The van der Waals surface area contributed by atoms with E-state index in [9.17, 15) is 14.7 Å². The first kappa shape index (κ1) is 20.7. The third kappa shape index (κ3) is 4.17. The number of hydrogen-bond donors (Lipinski definition) is 2. The predicted molar refractivity (Wildman–Crippen MR) is 119 cm³/mol. The van der Waals surface area contributed by atoms with Crippen molar-refractivity contribution in [3.8, 4) is 16.9 Å². The van der Waals surface area contributed by atoms with Gasteiger partial charge in [0.2, 0.25) is 0 Å². The molecule has 0 bridgehead atoms. The number of benzene rings is 3. The van der Waals surface area contributed by atoms with E-state index in [4.69, 9.17) is 4.74 Å². The molecular formula is C26H25NO4. The minimum absolute atomic E-state index is 0.0329. The Bertz CT molecular complexity index is 1070. The van der Waals surface area contributed by atoms with Crippen LogP contribution in [0.3, 0.4) is 0 Å². The fraction of sp³-hybridized carbons (Fsp3) is 0.231. The number of aromatic hydroxyl groups is 1. The lowest BCUT2D eigenvalue weighted by Crippen LogP contribution is -2.38. The van der Waals surface area contributed by atoms with Crippen LogP contribution in [0, 0.1) is 13.8 Å². The van der Waals surface area contributed by atoms with Gasteiger partial charge in [0.25, 0.3) is 0 Å². The molecule has 0 spiro atoms. The minimum Gasteiger partial charge on any atom is -0.508 e. The lowest BCUT2D eigenvalue weighted by molar-refractivity contribution is -0.109. The van der Waals surface area contributed by atoms with Gasteiger partial charge >= 0.3 is 6.09 Å². The Morgan fingerprint density at radius 1 is 1.03 bits per heavy atom. The van der Waals surface area contributed by atoms with Crippen LogP contribution in [0.15, 0.2) is 60.7 Å². The molecule has 3 aromatic carbocycles. The van der Waals surface area contributed by atoms with Gasteiger partial charge < -0.3 is 20.0 Å². The number of hydrogen-bond acceptors (Lipinski definition) is 4. The SMILES string of the molecule is Cc1cc(O)cc(C)c1C[C@@H](C=O)NC(=O)OCC1c2ccccc2-c2ccccc21. The number of amides is 1. The highest BCUT2D eigenvalue weighted by Gasteiger charge is 2.29. The normalized spacial score (nSPS) is 13.2. The van der Waals surface area contributed by atoms with Crippen molar-refractivity contribution in [2.75, 3.05) is 6.61 Å². The average Bonchev–Trinajstić information content (AvgIpc) is 3.07. The molecule has 0 saturated heterocycles. The van der Waals surface area contributed by atoms with Gasteiger partial charge in [-0.2, -0.15) is 0 Å². The van der Waals surface area contributed by atoms with E-state index in [-0.39, 0.29) is 18.3 Å². The Morgan fingerprint density at radius 3 is 2.13 bits per heavy atom. The van der Waals surface area contributed by atoms with Crippen molar-refractivity contribution in [1.29, 1.82) is 0 Å². The number of carbonyl (C=O) groups is 2. The predicted octanol–water partition coefficient (Wildman–Crippen LogP) is 4.66. The Kier molecular flexibility index (Phi) is 5.76. The topological polar surface area (TPSA) is 75.6 Å². The number of ether oxygens (including phenoxy) is 1. The molecule has 5 heteroatoms. The highest BCUT2D eigenvalue weighted by Crippen LogP contribution is 2.44. The summed E-state index contributed by atoms with van der Waals surface area (Å²) in [7, 11) is 0. The summed E-state index contributed by atoms with van der Waals surface area (Å²) in [4.78, 5) is 24.1. The zero-order valence-electron chi connectivity index (χ0n) is 17.6. The van der Waals surface area contributed by atoms with Gasteiger partial charge in [-0.05, 0) is 64.9 Å². The fourth-order valence-corrected chi connectivity index (χ4v) is 4.44. The molecule has 0 aliphatic heterocycles. The number of phenols is 1. The van der Waals surface area contributed by atoms with Crippen molar-refractivity contribution in [2.24, 2.45) is 0 Å². The summed E-state index contributed by atoms with van der Waals surface area (Å²) < 4.78 is 5.54. The number of carbonyl (C=O) groups excluding carboxylic acids is 2. The average molecular weight is 415 g/mol. The van der Waals surface area contributed by atoms with Crippen molar-refractivity contribution < 1.29 is 19.4 Å². The maximum Gasteiger partial charge on any atom is 0.407 e. The summed E-state index contributed by atoms with van der Waals surface area (Å²) in [6.45, 7) is 3.94. The first-order chi connectivity index (χ1) is 15.0. The lowest BCUT2D eigenvalue weighted by atomic mass is 9.96. The van der Waals surface area contributed by atoms with E-state index in [1.807, 2.05) is 38.1 Å². The molecule has 0 saturated carbocycles. The molecule has 1 aliphatic rings. The molecule has 0 unspecified atom stereocenters. The van der Waals surface area contributed by atoms with Crippen LogP contribution in [-0.2, 0) is 16.0 Å². The molecule has 0 aromatic heterocycles. The number of aldehydes is 1. The van der Waals surface area contributed by atoms with E-state index in [2.05, 4.69) is 29.6 Å². The van der Waals surface area contributed by atoms with Crippen molar-refractivity contribution in [3.05, 3.63) is 88.5 Å². The van der Waals surface area contributed by atoms with Gasteiger partial charge in [-0.1, -0.05) is 48.5 Å². The van der Waals surface area contributed by atoms with Crippen LogP contribution < -0.4 is 5.32 Å². The second kappa shape index (κ2) is 8.64. The molecule has 31 heavy (non-hydrogen) atoms. The van der Waals surface area contributed by atoms with E-state index in [0.717, 1.165) is 38.9 Å². The monoisotopic (exact) mass is 415 g/mol. The number of aryl methyl sites for hydroxylation is 2. The Labute approximate surface area is 181 Å². The van der Waals surface area contributed by atoms with Crippen LogP contribution in [0.4, 0.5) is 4.79 Å². The van der Waals surface area contributed by atoms with Crippen LogP contribution in [0.1, 0.15) is 33.7 Å². The standard InChI is InChI=1S/C26H25NO4/c1-16-11-19(29)12-17(2)24(16)13-18(14-28)27-26(30)31-15-25-22-9-5-3-7-20(22)21-8-4-6-10-23(21)25/h3-12,14,18,25,29H,13,15H2,1-2H3,(H,27,30)/t18-/m0/s1. The molecular weight excluding hydrogens is 390 g/mol. The minimum atomic E-state index is -0.711. The second-order valence-corrected chi connectivity index (χ2v) is 7.97. The molecule has 0 heterocycles. The maximum absolute atomic E-state index is 12.5. The fourth-order valence-electron chi connectivity index (χ4n) is 4.44. The highest BCUT2D eigenvalue weighted by molar-refractivity contribution is 5.79. The first-order valence-electron chi connectivity index (χ1n) is 10.3. The summed E-state index contributed by atoms with van der Waals surface area (Å²) in [6.07, 6.45) is 0.437. The van der Waals surface area contributed by atoms with Crippen LogP contribution in [0.25, 0.3) is 11.1 Å². The van der Waals surface area contributed by atoms with Crippen LogP contribution >= 0.6 is 0 Å². The number of phenolic OH excluding ortho intramolecular Hbond substituents is 1. The molecule has 1 amide bonds. The second-order valence-electron chi connectivity index (χ2n) is 7.97. The molecule has 1 atom stereocenters. The number of rotatable bonds is 6. The molecule has 1 aliphatic carbocycles. The van der Waals surface area contributed by atoms with E-state index >= 15 is 0 Å². The zero-order valence-corrected chi connectivity index (χ0v) is 17.6. The van der Waals surface area contributed by atoms with E-state index in [1.54, 1.807) is 12.1 Å². The lowest BCUT2D eigenvalue weighted by Gasteiger charge is -2.18. The maximum atomic E-state index is 12.5. The van der Waals surface area contributed by atoms with E-state index in [0.29, 0.717) is 12.7 Å². The van der Waals surface area contributed by atoms with E-state index in [1.165, 1.54) is 0 Å². The first-order valence-corrected chi connectivity index (χ1v) is 10.3. The van der Waals surface area contributed by atoms with Crippen molar-refractivity contribution in [3.63, 3.8) is 0 Å². The van der Waals surface area contributed by atoms with Gasteiger partial charge in [0, 0.05) is 12.3 Å². The number of alkyl carbamates (subject to hydrolysis) is 1. The molecule has 3 aromatic rings. The van der Waals surface area contributed by atoms with Gasteiger partial charge in [-0.25, -0.2) is 4.79 Å². The van der Waals surface area contributed by atoms with Crippen LogP contribution in [0.2, 0.25) is 0 Å². The molecule has 0 fully saturated rings. The van der Waals surface area contributed by atoms with Crippen molar-refractivity contribution >= 4 is 12.4 Å². The molecule has 158 valence electrons. The third-order valence-electron chi connectivity index (χ3n) is 5.92. The van der Waals surface area contributed by atoms with Crippen molar-refractivity contribution in [2.45, 2.75) is 32.2 Å². The summed E-state index contributed by atoms with van der Waals surface area (Å²) in [6, 6.07) is 18.9. The van der Waals surface area contributed by atoms with Gasteiger partial charge in [-0.15, -0.1) is 0 Å². The summed E-state index contributed by atoms with van der Waals surface area (Å²) in [5.74, 6) is 0.153. The number of fused-ring (bicyclic) bond motifs is 3. The number of nitrogens with one attached hydrogen (secondary N) is 1. The Hall–Kier alpha value is -3.60. The van der Waals surface area contributed by atoms with Crippen molar-refractivity contribution in [1.82, 2.24) is 5.32 Å². The van der Waals surface area contributed by atoms with Gasteiger partial charge in [0.05, 0.1) is 6.04 Å². The molecule has 4 rings (SSSR count). The smallest absolute Gasteiger partial charge is 0.407 e. The largest absolute Gasteiger partial charge is 0.508 e. The van der Waals surface area contributed by atoms with Gasteiger partial charge in [-0.3, -0.25) is 0 Å². The summed E-state index contributed by atoms with van der Waals surface area (Å²) in [5.41, 5.74) is 7.27. The molecule has 5 nitrogen and oxygen atoms in total. The zero-order chi connectivity index (χ0) is 22.0. The van der Waals surface area contributed by atoms with Crippen LogP contribution in [-0.4, -0.2) is 30.1 Å². The summed E-state index contributed by atoms with van der Waals surface area (Å²) >= 11 is 0. The Balaban J connectivity index is 1.43. The summed E-state index contributed by atoms with van der Waals surface area (Å²) in [5, 5.41) is 12.4. The molecule has 0 radical (unpaired) electrons. The quantitative estimate of drug-likeness (QED) is 0.574. The highest BCUT2D eigenvalue weighted by atomic mass is 16.5.